The van der Waals surface area contributed by atoms with Gasteiger partial charge in [-0.3, -0.25) is 4.79 Å². The van der Waals surface area contributed by atoms with Crippen LogP contribution in [0.1, 0.15) is 27.7 Å². The standard InChI is InChI=1S/C13H20O5/c1-7(2)18-12(16)9(17-5)6-8-10(11(14)15)13(8,3)4/h6-8,10H,1-5H3,(H,14,15)/b9-6-. The van der Waals surface area contributed by atoms with Crippen LogP contribution >= 0.6 is 0 Å². The third-order valence-electron chi connectivity index (χ3n) is 3.27. The van der Waals surface area contributed by atoms with E-state index >= 15 is 0 Å². The van der Waals surface area contributed by atoms with Crippen LogP contribution in [0.4, 0.5) is 0 Å². The molecule has 1 rings (SSSR count). The highest BCUT2D eigenvalue weighted by atomic mass is 16.6. The monoisotopic (exact) mass is 256 g/mol. The van der Waals surface area contributed by atoms with Crippen molar-refractivity contribution in [3.63, 3.8) is 0 Å². The molecule has 5 heteroatoms. The van der Waals surface area contributed by atoms with Gasteiger partial charge >= 0.3 is 11.9 Å². The van der Waals surface area contributed by atoms with Crippen molar-refractivity contribution in [2.45, 2.75) is 33.8 Å². The van der Waals surface area contributed by atoms with Crippen LogP contribution in [0.15, 0.2) is 11.8 Å². The summed E-state index contributed by atoms with van der Waals surface area (Å²) >= 11 is 0. The van der Waals surface area contributed by atoms with Crippen molar-refractivity contribution in [1.82, 2.24) is 0 Å². The summed E-state index contributed by atoms with van der Waals surface area (Å²) in [7, 11) is 1.37. The van der Waals surface area contributed by atoms with E-state index < -0.39 is 17.9 Å². The lowest BCUT2D eigenvalue weighted by Gasteiger charge is -2.10. The van der Waals surface area contributed by atoms with Gasteiger partial charge in [0.25, 0.3) is 0 Å². The van der Waals surface area contributed by atoms with E-state index in [2.05, 4.69) is 0 Å². The van der Waals surface area contributed by atoms with Crippen molar-refractivity contribution in [2.24, 2.45) is 17.3 Å². The van der Waals surface area contributed by atoms with Crippen molar-refractivity contribution < 1.29 is 24.2 Å². The summed E-state index contributed by atoms with van der Waals surface area (Å²) in [5.41, 5.74) is -0.353. The van der Waals surface area contributed by atoms with Gasteiger partial charge in [0.05, 0.1) is 19.1 Å². The number of methoxy groups -OCH3 is 1. The molecule has 0 aromatic rings. The van der Waals surface area contributed by atoms with E-state index in [4.69, 9.17) is 14.6 Å². The maximum atomic E-state index is 11.7. The predicted molar refractivity (Wildman–Crippen MR) is 64.7 cm³/mol. The Balaban J connectivity index is 2.81. The normalized spacial score (nSPS) is 25.8. The summed E-state index contributed by atoms with van der Waals surface area (Å²) in [5.74, 6) is -2.02. The zero-order chi connectivity index (χ0) is 14.1. The lowest BCUT2D eigenvalue weighted by molar-refractivity contribution is -0.146. The van der Waals surface area contributed by atoms with E-state index in [0.717, 1.165) is 0 Å². The zero-order valence-corrected chi connectivity index (χ0v) is 11.4. The third-order valence-corrected chi connectivity index (χ3v) is 3.27. The van der Waals surface area contributed by atoms with Gasteiger partial charge in [0.1, 0.15) is 0 Å². The molecule has 1 fully saturated rings. The molecule has 5 nitrogen and oxygen atoms in total. The molecule has 0 radical (unpaired) electrons. The van der Waals surface area contributed by atoms with Gasteiger partial charge in [-0.15, -0.1) is 0 Å². The number of carbonyl (C=O) groups excluding carboxylic acids is 1. The smallest absolute Gasteiger partial charge is 0.373 e. The van der Waals surface area contributed by atoms with Crippen LogP contribution in [0.5, 0.6) is 0 Å². The molecule has 2 atom stereocenters. The van der Waals surface area contributed by atoms with E-state index in [-0.39, 0.29) is 23.2 Å². The fourth-order valence-corrected chi connectivity index (χ4v) is 2.12. The molecular formula is C13H20O5. The number of carboxylic acid groups (broad SMARTS) is 1. The number of carbonyl (C=O) groups is 2. The topological polar surface area (TPSA) is 72.8 Å². The maximum absolute atomic E-state index is 11.7. The van der Waals surface area contributed by atoms with E-state index in [1.165, 1.54) is 7.11 Å². The second-order valence-electron chi connectivity index (χ2n) is 5.35. The first-order valence-corrected chi connectivity index (χ1v) is 5.91. The van der Waals surface area contributed by atoms with Crippen molar-refractivity contribution in [3.8, 4) is 0 Å². The first-order chi connectivity index (χ1) is 8.21. The summed E-state index contributed by atoms with van der Waals surface area (Å²) in [4.78, 5) is 22.7. The summed E-state index contributed by atoms with van der Waals surface area (Å²) in [6, 6.07) is 0. The highest BCUT2D eigenvalue weighted by molar-refractivity contribution is 5.87. The molecule has 0 aromatic heterocycles. The van der Waals surface area contributed by atoms with Crippen LogP contribution in [0.25, 0.3) is 0 Å². The number of rotatable bonds is 5. The zero-order valence-electron chi connectivity index (χ0n) is 11.4. The van der Waals surface area contributed by atoms with Gasteiger partial charge in [-0.2, -0.15) is 0 Å². The van der Waals surface area contributed by atoms with E-state index in [9.17, 15) is 9.59 Å². The molecule has 0 aliphatic heterocycles. The minimum atomic E-state index is -0.853. The Morgan fingerprint density at radius 2 is 1.89 bits per heavy atom. The highest BCUT2D eigenvalue weighted by Crippen LogP contribution is 2.59. The fourth-order valence-electron chi connectivity index (χ4n) is 2.12. The number of aliphatic carboxylic acids is 1. The molecule has 0 amide bonds. The van der Waals surface area contributed by atoms with Crippen LogP contribution in [0, 0.1) is 17.3 Å². The van der Waals surface area contributed by atoms with Gasteiger partial charge in [0, 0.05) is 5.92 Å². The minimum Gasteiger partial charge on any atom is -0.490 e. The van der Waals surface area contributed by atoms with Crippen molar-refractivity contribution in [1.29, 1.82) is 0 Å². The molecular weight excluding hydrogens is 236 g/mol. The number of carboxylic acids is 1. The van der Waals surface area contributed by atoms with Gasteiger partial charge in [-0.1, -0.05) is 13.8 Å². The summed E-state index contributed by atoms with van der Waals surface area (Å²) in [6.07, 6.45) is 1.32. The number of hydrogen-bond donors (Lipinski definition) is 1. The largest absolute Gasteiger partial charge is 0.490 e. The lowest BCUT2D eigenvalue weighted by Crippen LogP contribution is -2.15. The van der Waals surface area contributed by atoms with Gasteiger partial charge in [0.15, 0.2) is 0 Å². The molecule has 0 aromatic carbocycles. The number of esters is 1. The average Bonchev–Trinajstić information content (AvgIpc) is 2.75. The maximum Gasteiger partial charge on any atom is 0.373 e. The van der Waals surface area contributed by atoms with Crippen LogP contribution in [-0.2, 0) is 19.1 Å². The molecule has 1 saturated carbocycles. The number of allylic oxidation sites excluding steroid dienone is 1. The van der Waals surface area contributed by atoms with Crippen LogP contribution in [-0.4, -0.2) is 30.3 Å². The minimum absolute atomic E-state index is 0.0746. The average molecular weight is 256 g/mol. The van der Waals surface area contributed by atoms with E-state index in [1.54, 1.807) is 19.9 Å². The second kappa shape index (κ2) is 5.00. The van der Waals surface area contributed by atoms with Crippen LogP contribution in [0.3, 0.4) is 0 Å². The fraction of sp³-hybridized carbons (Fsp3) is 0.692. The highest BCUT2D eigenvalue weighted by Gasteiger charge is 2.61. The Bertz CT molecular complexity index is 381. The molecule has 18 heavy (non-hydrogen) atoms. The molecule has 0 heterocycles. The van der Waals surface area contributed by atoms with Crippen LogP contribution < -0.4 is 0 Å². The molecule has 102 valence electrons. The number of ether oxygens (including phenoxy) is 2. The summed E-state index contributed by atoms with van der Waals surface area (Å²) < 4.78 is 9.99. The van der Waals surface area contributed by atoms with E-state index in [0.29, 0.717) is 0 Å². The Kier molecular flexibility index (Phi) is 4.04. The van der Waals surface area contributed by atoms with Gasteiger partial charge in [0.2, 0.25) is 5.76 Å². The Hall–Kier alpha value is -1.52. The molecule has 0 spiro atoms. The third kappa shape index (κ3) is 2.83. The van der Waals surface area contributed by atoms with Gasteiger partial charge < -0.3 is 14.6 Å². The second-order valence-corrected chi connectivity index (χ2v) is 5.35. The molecule has 1 aliphatic carbocycles. The van der Waals surface area contributed by atoms with Crippen molar-refractivity contribution >= 4 is 11.9 Å². The van der Waals surface area contributed by atoms with Crippen LogP contribution in [0.2, 0.25) is 0 Å². The molecule has 1 aliphatic rings. The predicted octanol–water partition coefficient (Wildman–Crippen LogP) is 1.83. The van der Waals surface area contributed by atoms with Crippen molar-refractivity contribution in [3.05, 3.63) is 11.8 Å². The molecule has 2 unspecified atom stereocenters. The first-order valence-electron chi connectivity index (χ1n) is 5.91. The Labute approximate surface area is 107 Å². The Morgan fingerprint density at radius 1 is 1.33 bits per heavy atom. The molecule has 0 saturated heterocycles. The first kappa shape index (κ1) is 14.5. The molecule has 1 N–H and O–H groups in total. The summed E-state index contributed by atoms with van der Waals surface area (Å²) in [5, 5.41) is 9.04. The van der Waals surface area contributed by atoms with Gasteiger partial charge in [-0.25, -0.2) is 4.79 Å². The van der Waals surface area contributed by atoms with Crippen molar-refractivity contribution in [2.75, 3.05) is 7.11 Å². The summed E-state index contributed by atoms with van der Waals surface area (Å²) in [6.45, 7) is 7.20. The molecule has 0 bridgehead atoms. The van der Waals surface area contributed by atoms with Gasteiger partial charge in [-0.05, 0) is 25.3 Å². The number of hydrogen-bond acceptors (Lipinski definition) is 4. The quantitative estimate of drug-likeness (QED) is 0.461. The van der Waals surface area contributed by atoms with E-state index in [1.807, 2.05) is 13.8 Å². The lowest BCUT2D eigenvalue weighted by atomic mass is 10.1. The SMILES string of the molecule is CO/C(=C\C1C(C(=O)O)C1(C)C)C(=O)OC(C)C. The Morgan fingerprint density at radius 3 is 2.22 bits per heavy atom.